The lowest BCUT2D eigenvalue weighted by Gasteiger charge is -2.27. The van der Waals surface area contributed by atoms with E-state index >= 15 is 0 Å². The summed E-state index contributed by atoms with van der Waals surface area (Å²) < 4.78 is 40.2. The molecule has 0 radical (unpaired) electrons. The number of hydrogen-bond acceptors (Lipinski definition) is 3. The van der Waals surface area contributed by atoms with E-state index in [0.29, 0.717) is 18.1 Å². The van der Waals surface area contributed by atoms with Gasteiger partial charge in [0.2, 0.25) is 0 Å². The third kappa shape index (κ3) is 2.35. The maximum absolute atomic E-state index is 12.8. The van der Waals surface area contributed by atoms with Crippen LogP contribution in [0, 0.1) is 5.92 Å². The van der Waals surface area contributed by atoms with E-state index in [1.54, 1.807) is 4.57 Å². The molecule has 2 N–H and O–H groups in total. The zero-order valence-electron chi connectivity index (χ0n) is 10.5. The van der Waals surface area contributed by atoms with Crippen LogP contribution < -0.4 is 5.73 Å². The highest BCUT2D eigenvalue weighted by molar-refractivity contribution is 5.08. The van der Waals surface area contributed by atoms with Crippen molar-refractivity contribution in [2.45, 2.75) is 56.8 Å². The summed E-state index contributed by atoms with van der Waals surface area (Å²) in [7, 11) is 0. The lowest BCUT2D eigenvalue weighted by molar-refractivity contribution is -0.182. The molecule has 19 heavy (non-hydrogen) atoms. The van der Waals surface area contributed by atoms with Crippen LogP contribution in [0.2, 0.25) is 0 Å². The number of nitrogens with zero attached hydrogens (tertiary/aromatic N) is 3. The van der Waals surface area contributed by atoms with Gasteiger partial charge in [-0.3, -0.25) is 0 Å². The first-order chi connectivity index (χ1) is 8.95. The first-order valence-electron chi connectivity index (χ1n) is 6.69. The van der Waals surface area contributed by atoms with Crippen molar-refractivity contribution in [1.82, 2.24) is 14.8 Å². The molecule has 106 valence electrons. The molecule has 1 aliphatic carbocycles. The van der Waals surface area contributed by atoms with E-state index in [1.165, 1.54) is 0 Å². The Morgan fingerprint density at radius 1 is 1.16 bits per heavy atom. The first-order valence-corrected chi connectivity index (χ1v) is 6.69. The first kappa shape index (κ1) is 12.9. The molecule has 1 aliphatic heterocycles. The number of aryl methyl sites for hydroxylation is 1. The second kappa shape index (κ2) is 4.47. The van der Waals surface area contributed by atoms with Crippen molar-refractivity contribution in [2.24, 2.45) is 11.7 Å². The molecule has 1 fully saturated rings. The van der Waals surface area contributed by atoms with Crippen LogP contribution in [0.1, 0.15) is 43.3 Å². The largest absolute Gasteiger partial charge is 0.393 e. The molecule has 0 aromatic carbocycles. The standard InChI is InChI=1S/C12H17F3N4/c13-12(14,15)8-2-4-10-17-18-11(19(10)6-8)7-1-3-9(16)5-7/h7-9H,1-6,16H2/t7-,8?,9+/m1/s1. The minimum Gasteiger partial charge on any atom is -0.328 e. The Hall–Kier alpha value is -1.11. The van der Waals surface area contributed by atoms with Gasteiger partial charge in [-0.2, -0.15) is 13.2 Å². The van der Waals surface area contributed by atoms with Gasteiger partial charge in [-0.1, -0.05) is 0 Å². The quantitative estimate of drug-likeness (QED) is 0.852. The molecular formula is C12H17F3N4. The minimum atomic E-state index is -4.13. The van der Waals surface area contributed by atoms with Gasteiger partial charge < -0.3 is 10.3 Å². The lowest BCUT2D eigenvalue weighted by Crippen LogP contribution is -2.33. The summed E-state index contributed by atoms with van der Waals surface area (Å²) in [6.07, 6.45) is -1.05. The summed E-state index contributed by atoms with van der Waals surface area (Å²) in [4.78, 5) is 0. The fourth-order valence-corrected chi connectivity index (χ4v) is 3.17. The molecule has 3 rings (SSSR count). The molecular weight excluding hydrogens is 257 g/mol. The topological polar surface area (TPSA) is 56.7 Å². The van der Waals surface area contributed by atoms with Gasteiger partial charge in [0.1, 0.15) is 11.6 Å². The van der Waals surface area contributed by atoms with Crippen molar-refractivity contribution in [3.8, 4) is 0 Å². The molecule has 2 heterocycles. The zero-order valence-corrected chi connectivity index (χ0v) is 10.5. The van der Waals surface area contributed by atoms with Crippen LogP contribution in [0.25, 0.3) is 0 Å². The molecule has 2 aliphatic rings. The Morgan fingerprint density at radius 2 is 1.95 bits per heavy atom. The fourth-order valence-electron chi connectivity index (χ4n) is 3.17. The lowest BCUT2D eigenvalue weighted by atomic mass is 9.97. The van der Waals surface area contributed by atoms with E-state index < -0.39 is 12.1 Å². The molecule has 1 aromatic heterocycles. The molecule has 1 unspecified atom stereocenters. The van der Waals surface area contributed by atoms with E-state index in [2.05, 4.69) is 10.2 Å². The summed E-state index contributed by atoms with van der Waals surface area (Å²) in [5.74, 6) is 0.293. The Labute approximate surface area is 109 Å². The monoisotopic (exact) mass is 274 g/mol. The van der Waals surface area contributed by atoms with Crippen LogP contribution in [0.5, 0.6) is 0 Å². The molecule has 1 aromatic rings. The molecule has 0 spiro atoms. The molecule has 0 bridgehead atoms. The van der Waals surface area contributed by atoms with Gasteiger partial charge in [-0.05, 0) is 25.7 Å². The Bertz CT molecular complexity index is 468. The van der Waals surface area contributed by atoms with Crippen molar-refractivity contribution in [3.05, 3.63) is 11.6 Å². The van der Waals surface area contributed by atoms with Crippen LogP contribution in [-0.2, 0) is 13.0 Å². The number of hydrogen-bond donors (Lipinski definition) is 1. The highest BCUT2D eigenvalue weighted by atomic mass is 19.4. The molecule has 4 nitrogen and oxygen atoms in total. The predicted molar refractivity (Wildman–Crippen MR) is 62.5 cm³/mol. The highest BCUT2D eigenvalue weighted by Gasteiger charge is 2.43. The average molecular weight is 274 g/mol. The van der Waals surface area contributed by atoms with Crippen molar-refractivity contribution in [1.29, 1.82) is 0 Å². The van der Waals surface area contributed by atoms with E-state index in [4.69, 9.17) is 5.73 Å². The van der Waals surface area contributed by atoms with Crippen LogP contribution in [0.3, 0.4) is 0 Å². The van der Waals surface area contributed by atoms with Gasteiger partial charge in [0.05, 0.1) is 5.92 Å². The van der Waals surface area contributed by atoms with Gasteiger partial charge in [0, 0.05) is 24.9 Å². The van der Waals surface area contributed by atoms with Crippen LogP contribution >= 0.6 is 0 Å². The Morgan fingerprint density at radius 3 is 2.58 bits per heavy atom. The van der Waals surface area contributed by atoms with E-state index in [-0.39, 0.29) is 24.9 Å². The van der Waals surface area contributed by atoms with Crippen molar-refractivity contribution in [3.63, 3.8) is 0 Å². The second-order valence-corrected chi connectivity index (χ2v) is 5.63. The highest BCUT2D eigenvalue weighted by Crippen LogP contribution is 2.38. The molecule has 0 amide bonds. The summed E-state index contributed by atoms with van der Waals surface area (Å²) in [6.45, 7) is -0.0348. The molecule has 7 heteroatoms. The summed E-state index contributed by atoms with van der Waals surface area (Å²) in [6, 6.07) is 0.139. The SMILES string of the molecule is N[C@H]1CC[C@@H](c2nnc3n2CC(C(F)(F)F)CC3)C1. The third-order valence-corrected chi connectivity index (χ3v) is 4.28. The van der Waals surface area contributed by atoms with Crippen LogP contribution in [0.15, 0.2) is 0 Å². The summed E-state index contributed by atoms with van der Waals surface area (Å²) in [5.41, 5.74) is 5.87. The number of aromatic nitrogens is 3. The molecule has 1 saturated carbocycles. The van der Waals surface area contributed by atoms with Gasteiger partial charge in [-0.15, -0.1) is 10.2 Å². The Balaban J connectivity index is 1.84. The number of alkyl halides is 3. The minimum absolute atomic E-state index is 0.0348. The van der Waals surface area contributed by atoms with Crippen molar-refractivity contribution >= 4 is 0 Å². The van der Waals surface area contributed by atoms with E-state index in [0.717, 1.165) is 19.3 Å². The number of halogens is 3. The van der Waals surface area contributed by atoms with Gasteiger partial charge in [0.25, 0.3) is 0 Å². The fraction of sp³-hybridized carbons (Fsp3) is 0.833. The van der Waals surface area contributed by atoms with Gasteiger partial charge in [-0.25, -0.2) is 0 Å². The maximum atomic E-state index is 12.8. The smallest absolute Gasteiger partial charge is 0.328 e. The number of fused-ring (bicyclic) bond motifs is 1. The molecule has 3 atom stereocenters. The van der Waals surface area contributed by atoms with Gasteiger partial charge >= 0.3 is 6.18 Å². The second-order valence-electron chi connectivity index (χ2n) is 5.63. The predicted octanol–water partition coefficient (Wildman–Crippen LogP) is 2.00. The summed E-state index contributed by atoms with van der Waals surface area (Å²) in [5, 5.41) is 8.17. The van der Waals surface area contributed by atoms with Gasteiger partial charge in [0.15, 0.2) is 0 Å². The van der Waals surface area contributed by atoms with E-state index in [9.17, 15) is 13.2 Å². The molecule has 0 saturated heterocycles. The van der Waals surface area contributed by atoms with E-state index in [1.807, 2.05) is 0 Å². The number of rotatable bonds is 1. The van der Waals surface area contributed by atoms with Crippen molar-refractivity contribution < 1.29 is 13.2 Å². The normalized spacial score (nSPS) is 31.5. The van der Waals surface area contributed by atoms with Crippen LogP contribution in [0.4, 0.5) is 13.2 Å². The Kier molecular flexibility index (Phi) is 3.03. The number of nitrogens with two attached hydrogens (primary N) is 1. The van der Waals surface area contributed by atoms with Crippen LogP contribution in [-0.4, -0.2) is 27.0 Å². The summed E-state index contributed by atoms with van der Waals surface area (Å²) >= 11 is 0. The zero-order chi connectivity index (χ0) is 13.6. The third-order valence-electron chi connectivity index (χ3n) is 4.28. The maximum Gasteiger partial charge on any atom is 0.393 e. The van der Waals surface area contributed by atoms with Crippen molar-refractivity contribution in [2.75, 3.05) is 0 Å². The average Bonchev–Trinajstić information content (AvgIpc) is 2.92.